The van der Waals surface area contributed by atoms with Gasteiger partial charge in [0, 0.05) is 7.05 Å². The molecule has 0 N–H and O–H groups in total. The Morgan fingerprint density at radius 3 is 2.89 bits per heavy atom. The van der Waals surface area contributed by atoms with Crippen molar-refractivity contribution in [1.29, 1.82) is 0 Å². The molecule has 1 amide bonds. The monoisotopic (exact) mass is 143 g/mol. The summed E-state index contributed by atoms with van der Waals surface area (Å²) < 4.78 is 0. The number of likely N-dealkylation sites (N-methyl/N-ethyl adjacent to an activating group) is 1. The quantitative estimate of drug-likeness (QED) is 0.497. The maximum atomic E-state index is 10.8. The number of carbonyl (C=O) groups is 1. The zero-order valence-electron chi connectivity index (χ0n) is 5.39. The van der Waals surface area contributed by atoms with Crippen LogP contribution in [0, 0.1) is 0 Å². The van der Waals surface area contributed by atoms with Crippen LogP contribution in [0.1, 0.15) is 0 Å². The van der Waals surface area contributed by atoms with Gasteiger partial charge in [-0.1, -0.05) is 6.58 Å². The van der Waals surface area contributed by atoms with Crippen LogP contribution < -0.4 is 0 Å². The highest BCUT2D eigenvalue weighted by molar-refractivity contribution is 8.03. The Balaban J connectivity index is 2.54. The number of thioether (sulfide) groups is 1. The predicted molar refractivity (Wildman–Crippen MR) is 39.2 cm³/mol. The minimum absolute atomic E-state index is 0.201. The van der Waals surface area contributed by atoms with Gasteiger partial charge in [-0.15, -0.1) is 11.8 Å². The Kier molecular flexibility index (Phi) is 1.81. The van der Waals surface area contributed by atoms with Gasteiger partial charge < -0.3 is 4.90 Å². The molecule has 1 rings (SSSR count). The third-order valence-corrected chi connectivity index (χ3v) is 2.17. The van der Waals surface area contributed by atoms with Crippen LogP contribution in [0.3, 0.4) is 0 Å². The smallest absolute Gasteiger partial charge is 0.232 e. The minimum Gasteiger partial charge on any atom is -0.340 e. The van der Waals surface area contributed by atoms with Gasteiger partial charge in [0.15, 0.2) is 0 Å². The van der Waals surface area contributed by atoms with E-state index in [1.165, 1.54) is 0 Å². The maximum Gasteiger partial charge on any atom is 0.232 e. The SMILES string of the molecule is C=C1CN(C)C(=O)CS1. The molecule has 1 aliphatic rings. The fourth-order valence-electron chi connectivity index (χ4n) is 0.672. The normalized spacial score (nSPS) is 20.8. The number of hydrogen-bond acceptors (Lipinski definition) is 2. The Bertz CT molecular complexity index is 155. The van der Waals surface area contributed by atoms with Crippen LogP contribution in [0.4, 0.5) is 0 Å². The van der Waals surface area contributed by atoms with Crippen molar-refractivity contribution in [3.05, 3.63) is 11.5 Å². The average Bonchev–Trinajstić information content (AvgIpc) is 1.80. The number of amides is 1. The van der Waals surface area contributed by atoms with Crippen LogP contribution in [0.25, 0.3) is 0 Å². The second-order valence-corrected chi connectivity index (χ2v) is 3.23. The van der Waals surface area contributed by atoms with E-state index in [0.717, 1.165) is 4.91 Å². The van der Waals surface area contributed by atoms with Gasteiger partial charge in [-0.05, 0) is 4.91 Å². The van der Waals surface area contributed by atoms with Gasteiger partial charge in [-0.25, -0.2) is 0 Å². The van der Waals surface area contributed by atoms with E-state index in [9.17, 15) is 4.79 Å². The molecule has 0 bridgehead atoms. The molecule has 0 aliphatic carbocycles. The van der Waals surface area contributed by atoms with Gasteiger partial charge in [0.2, 0.25) is 5.91 Å². The standard InChI is InChI=1S/C6H9NOS/c1-5-3-7(2)6(8)4-9-5/h1,3-4H2,2H3. The van der Waals surface area contributed by atoms with Crippen molar-refractivity contribution in [1.82, 2.24) is 4.90 Å². The highest BCUT2D eigenvalue weighted by Gasteiger charge is 2.15. The molecule has 1 aliphatic heterocycles. The van der Waals surface area contributed by atoms with E-state index < -0.39 is 0 Å². The second kappa shape index (κ2) is 2.43. The third kappa shape index (κ3) is 1.48. The molecule has 50 valence electrons. The fraction of sp³-hybridized carbons (Fsp3) is 0.500. The van der Waals surface area contributed by atoms with E-state index in [4.69, 9.17) is 0 Å². The summed E-state index contributed by atoms with van der Waals surface area (Å²) in [7, 11) is 1.80. The van der Waals surface area contributed by atoms with Crippen molar-refractivity contribution < 1.29 is 4.79 Å². The first-order chi connectivity index (χ1) is 4.20. The zero-order valence-corrected chi connectivity index (χ0v) is 6.20. The summed E-state index contributed by atoms with van der Waals surface area (Å²) in [5.41, 5.74) is 0. The molecule has 1 saturated heterocycles. The first-order valence-corrected chi connectivity index (χ1v) is 3.73. The third-order valence-electron chi connectivity index (χ3n) is 1.24. The van der Waals surface area contributed by atoms with E-state index in [2.05, 4.69) is 6.58 Å². The predicted octanol–water partition coefficient (Wildman–Crippen LogP) is 0.705. The molecule has 9 heavy (non-hydrogen) atoms. The Morgan fingerprint density at radius 1 is 1.78 bits per heavy atom. The number of hydrogen-bond donors (Lipinski definition) is 0. The first-order valence-electron chi connectivity index (χ1n) is 2.74. The summed E-state index contributed by atoms with van der Waals surface area (Å²) in [6.07, 6.45) is 0. The zero-order chi connectivity index (χ0) is 6.85. The van der Waals surface area contributed by atoms with Crippen molar-refractivity contribution >= 4 is 17.7 Å². The first kappa shape index (κ1) is 6.68. The lowest BCUT2D eigenvalue weighted by Crippen LogP contribution is -2.33. The van der Waals surface area contributed by atoms with Crippen molar-refractivity contribution in [2.45, 2.75) is 0 Å². The fourth-order valence-corrected chi connectivity index (χ4v) is 1.51. The van der Waals surface area contributed by atoms with E-state index in [-0.39, 0.29) is 5.91 Å². The van der Waals surface area contributed by atoms with E-state index in [1.54, 1.807) is 23.7 Å². The van der Waals surface area contributed by atoms with Crippen molar-refractivity contribution in [3.63, 3.8) is 0 Å². The summed E-state index contributed by atoms with van der Waals surface area (Å²) >= 11 is 1.54. The molecule has 0 unspecified atom stereocenters. The molecule has 3 heteroatoms. The van der Waals surface area contributed by atoms with Crippen LogP contribution in [-0.4, -0.2) is 30.2 Å². The Morgan fingerprint density at radius 2 is 2.44 bits per heavy atom. The number of carbonyl (C=O) groups excluding carboxylic acids is 1. The van der Waals surface area contributed by atoms with Gasteiger partial charge >= 0.3 is 0 Å². The van der Waals surface area contributed by atoms with Crippen molar-refractivity contribution in [3.8, 4) is 0 Å². The summed E-state index contributed by atoms with van der Waals surface area (Å²) in [5.74, 6) is 0.766. The van der Waals surface area contributed by atoms with Crippen LogP contribution in [0.2, 0.25) is 0 Å². The Labute approximate surface area is 58.9 Å². The second-order valence-electron chi connectivity index (χ2n) is 2.08. The minimum atomic E-state index is 0.201. The summed E-state index contributed by atoms with van der Waals surface area (Å²) in [5, 5.41) is 0. The molecule has 1 heterocycles. The lowest BCUT2D eigenvalue weighted by Gasteiger charge is -2.22. The average molecular weight is 143 g/mol. The largest absolute Gasteiger partial charge is 0.340 e. The van der Waals surface area contributed by atoms with Crippen LogP contribution in [0.5, 0.6) is 0 Å². The molecule has 0 spiro atoms. The van der Waals surface area contributed by atoms with Crippen LogP contribution in [-0.2, 0) is 4.79 Å². The molecule has 0 atom stereocenters. The van der Waals surface area contributed by atoms with Gasteiger partial charge in [-0.3, -0.25) is 4.79 Å². The molecule has 0 saturated carbocycles. The van der Waals surface area contributed by atoms with E-state index >= 15 is 0 Å². The molecular formula is C6H9NOS. The van der Waals surface area contributed by atoms with Gasteiger partial charge in [-0.2, -0.15) is 0 Å². The topological polar surface area (TPSA) is 20.3 Å². The maximum absolute atomic E-state index is 10.8. The number of rotatable bonds is 0. The van der Waals surface area contributed by atoms with Crippen LogP contribution in [0.15, 0.2) is 11.5 Å². The summed E-state index contributed by atoms with van der Waals surface area (Å²) in [6, 6.07) is 0. The molecule has 0 aromatic rings. The lowest BCUT2D eigenvalue weighted by atomic mass is 10.5. The summed E-state index contributed by atoms with van der Waals surface area (Å²) in [4.78, 5) is 13.6. The molecule has 0 radical (unpaired) electrons. The molecule has 1 fully saturated rings. The lowest BCUT2D eigenvalue weighted by molar-refractivity contribution is -0.126. The number of nitrogens with zero attached hydrogens (tertiary/aromatic N) is 1. The van der Waals surface area contributed by atoms with Crippen LogP contribution >= 0.6 is 11.8 Å². The highest BCUT2D eigenvalue weighted by atomic mass is 32.2. The highest BCUT2D eigenvalue weighted by Crippen LogP contribution is 2.19. The van der Waals surface area contributed by atoms with Crippen molar-refractivity contribution in [2.24, 2.45) is 0 Å². The molecular weight excluding hydrogens is 134 g/mol. The Hall–Kier alpha value is -0.440. The molecule has 0 aromatic carbocycles. The molecule has 0 aromatic heterocycles. The van der Waals surface area contributed by atoms with E-state index in [1.807, 2.05) is 0 Å². The van der Waals surface area contributed by atoms with E-state index in [0.29, 0.717) is 12.3 Å². The van der Waals surface area contributed by atoms with Gasteiger partial charge in [0.25, 0.3) is 0 Å². The van der Waals surface area contributed by atoms with Crippen molar-refractivity contribution in [2.75, 3.05) is 19.3 Å². The molecule has 2 nitrogen and oxygen atoms in total. The summed E-state index contributed by atoms with van der Waals surface area (Å²) in [6.45, 7) is 4.48. The van der Waals surface area contributed by atoms with Gasteiger partial charge in [0.1, 0.15) is 0 Å². The van der Waals surface area contributed by atoms with Gasteiger partial charge in [0.05, 0.1) is 12.3 Å².